The summed E-state index contributed by atoms with van der Waals surface area (Å²) in [5, 5.41) is 12.0. The molecule has 1 aliphatic heterocycles. The van der Waals surface area contributed by atoms with Crippen LogP contribution in [0, 0.1) is 0 Å². The highest BCUT2D eigenvalue weighted by molar-refractivity contribution is 7.98. The van der Waals surface area contributed by atoms with Gasteiger partial charge < -0.3 is 15.3 Å². The van der Waals surface area contributed by atoms with E-state index >= 15 is 0 Å². The molecule has 0 radical (unpaired) electrons. The lowest BCUT2D eigenvalue weighted by molar-refractivity contribution is 0.157. The molecule has 0 spiro atoms. The quantitative estimate of drug-likeness (QED) is 0.695. The lowest BCUT2D eigenvalue weighted by Gasteiger charge is -2.23. The number of carbonyl (C=O) groups is 1. The highest BCUT2D eigenvalue weighted by Crippen LogP contribution is 2.16. The summed E-state index contributed by atoms with van der Waals surface area (Å²) in [6, 6.07) is 0.0203. The van der Waals surface area contributed by atoms with E-state index in [0.717, 1.165) is 44.5 Å². The molecule has 94 valence electrons. The van der Waals surface area contributed by atoms with Gasteiger partial charge in [0.1, 0.15) is 0 Å². The van der Waals surface area contributed by atoms with E-state index in [2.05, 4.69) is 11.6 Å². The first-order valence-corrected chi connectivity index (χ1v) is 7.33. The summed E-state index contributed by atoms with van der Waals surface area (Å²) in [6.45, 7) is 1.61. The van der Waals surface area contributed by atoms with Crippen molar-refractivity contribution in [2.24, 2.45) is 0 Å². The number of aliphatic hydroxyl groups excluding tert-OH is 1. The van der Waals surface area contributed by atoms with Gasteiger partial charge in [0, 0.05) is 13.1 Å². The number of carbonyl (C=O) groups excluding carboxylic acids is 1. The summed E-state index contributed by atoms with van der Waals surface area (Å²) >= 11 is 1.83. The van der Waals surface area contributed by atoms with Gasteiger partial charge in [-0.15, -0.1) is 0 Å². The van der Waals surface area contributed by atoms with Gasteiger partial charge in [-0.1, -0.05) is 0 Å². The number of unbranched alkanes of at least 4 members (excludes halogenated alkanes) is 1. The Kier molecular flexibility index (Phi) is 6.64. The van der Waals surface area contributed by atoms with Crippen molar-refractivity contribution in [3.63, 3.8) is 0 Å². The van der Waals surface area contributed by atoms with Crippen molar-refractivity contribution in [1.82, 2.24) is 10.2 Å². The zero-order valence-corrected chi connectivity index (χ0v) is 10.8. The van der Waals surface area contributed by atoms with Crippen LogP contribution in [0.25, 0.3) is 0 Å². The third kappa shape index (κ3) is 4.22. The van der Waals surface area contributed by atoms with Crippen LogP contribution in [0.3, 0.4) is 0 Å². The molecule has 1 fully saturated rings. The van der Waals surface area contributed by atoms with Crippen molar-refractivity contribution in [3.05, 3.63) is 0 Å². The molecule has 0 aliphatic carbocycles. The Balaban J connectivity index is 2.14. The number of thioether (sulfide) groups is 1. The molecule has 0 saturated carbocycles. The SMILES string of the molecule is CSCCCCNC(=O)N1CCCC1CO. The van der Waals surface area contributed by atoms with Crippen LogP contribution in [0.5, 0.6) is 0 Å². The smallest absolute Gasteiger partial charge is 0.317 e. The van der Waals surface area contributed by atoms with Gasteiger partial charge in [-0.3, -0.25) is 0 Å². The number of rotatable bonds is 6. The van der Waals surface area contributed by atoms with Crippen molar-refractivity contribution in [2.75, 3.05) is 31.7 Å². The van der Waals surface area contributed by atoms with Crippen LogP contribution in [0.15, 0.2) is 0 Å². The van der Waals surface area contributed by atoms with Crippen LogP contribution >= 0.6 is 11.8 Å². The van der Waals surface area contributed by atoms with E-state index in [9.17, 15) is 4.79 Å². The molecule has 1 atom stereocenters. The van der Waals surface area contributed by atoms with Crippen molar-refractivity contribution < 1.29 is 9.90 Å². The molecule has 1 unspecified atom stereocenters. The van der Waals surface area contributed by atoms with Crippen LogP contribution in [0.2, 0.25) is 0 Å². The second-order valence-corrected chi connectivity index (χ2v) is 5.09. The molecule has 1 rings (SSSR count). The Morgan fingerprint density at radius 3 is 3.06 bits per heavy atom. The predicted molar refractivity (Wildman–Crippen MR) is 67.8 cm³/mol. The lowest BCUT2D eigenvalue weighted by Crippen LogP contribution is -2.44. The molecular formula is C11H22N2O2S. The fraction of sp³-hybridized carbons (Fsp3) is 0.909. The van der Waals surface area contributed by atoms with Gasteiger partial charge in [-0.25, -0.2) is 4.79 Å². The van der Waals surface area contributed by atoms with E-state index < -0.39 is 0 Å². The molecule has 2 N–H and O–H groups in total. The van der Waals surface area contributed by atoms with Crippen LogP contribution in [-0.2, 0) is 0 Å². The number of nitrogens with zero attached hydrogens (tertiary/aromatic N) is 1. The molecule has 4 nitrogen and oxygen atoms in total. The minimum Gasteiger partial charge on any atom is -0.394 e. The van der Waals surface area contributed by atoms with Gasteiger partial charge in [0.05, 0.1) is 12.6 Å². The third-order valence-corrected chi connectivity index (χ3v) is 3.60. The monoisotopic (exact) mass is 246 g/mol. The average molecular weight is 246 g/mol. The van der Waals surface area contributed by atoms with Crippen molar-refractivity contribution in [1.29, 1.82) is 0 Å². The molecule has 0 aromatic carbocycles. The molecule has 5 heteroatoms. The Morgan fingerprint density at radius 1 is 1.56 bits per heavy atom. The third-order valence-electron chi connectivity index (χ3n) is 2.90. The highest BCUT2D eigenvalue weighted by atomic mass is 32.2. The van der Waals surface area contributed by atoms with E-state index in [4.69, 9.17) is 5.11 Å². The average Bonchev–Trinajstić information content (AvgIpc) is 2.76. The number of hydrogen-bond donors (Lipinski definition) is 2. The Hall–Kier alpha value is -0.420. The number of amides is 2. The second kappa shape index (κ2) is 7.79. The van der Waals surface area contributed by atoms with Crippen LogP contribution in [0.4, 0.5) is 4.79 Å². The summed E-state index contributed by atoms with van der Waals surface area (Å²) in [6.07, 6.45) is 6.20. The maximum atomic E-state index is 11.7. The van der Waals surface area contributed by atoms with E-state index in [0.29, 0.717) is 0 Å². The maximum absolute atomic E-state index is 11.7. The van der Waals surface area contributed by atoms with E-state index in [1.165, 1.54) is 0 Å². The number of nitrogens with one attached hydrogen (secondary N) is 1. The first-order valence-electron chi connectivity index (χ1n) is 5.94. The summed E-state index contributed by atoms with van der Waals surface area (Å²) in [5.74, 6) is 1.15. The number of urea groups is 1. The van der Waals surface area contributed by atoms with E-state index in [-0.39, 0.29) is 18.7 Å². The van der Waals surface area contributed by atoms with Crippen molar-refractivity contribution in [3.8, 4) is 0 Å². The molecule has 16 heavy (non-hydrogen) atoms. The van der Waals surface area contributed by atoms with Gasteiger partial charge in [0.25, 0.3) is 0 Å². The van der Waals surface area contributed by atoms with Gasteiger partial charge in [-0.05, 0) is 37.7 Å². The van der Waals surface area contributed by atoms with Gasteiger partial charge in [0.2, 0.25) is 0 Å². The van der Waals surface area contributed by atoms with Crippen molar-refractivity contribution >= 4 is 17.8 Å². The number of aliphatic hydroxyl groups is 1. The zero-order valence-electron chi connectivity index (χ0n) is 9.95. The molecule has 1 heterocycles. The molecule has 1 saturated heterocycles. The summed E-state index contributed by atoms with van der Waals surface area (Å²) in [4.78, 5) is 13.5. The predicted octanol–water partition coefficient (Wildman–Crippen LogP) is 1.30. The van der Waals surface area contributed by atoms with Gasteiger partial charge >= 0.3 is 6.03 Å². The highest BCUT2D eigenvalue weighted by Gasteiger charge is 2.27. The summed E-state index contributed by atoms with van der Waals surface area (Å²) < 4.78 is 0. The molecule has 0 aromatic heterocycles. The standard InChI is InChI=1S/C11H22N2O2S/c1-16-8-3-2-6-12-11(15)13-7-4-5-10(13)9-14/h10,14H,2-9H2,1H3,(H,12,15). The minimum atomic E-state index is -0.0132. The van der Waals surface area contributed by atoms with Crippen LogP contribution in [0.1, 0.15) is 25.7 Å². The Labute approximate surface area is 102 Å². The first-order chi connectivity index (χ1) is 7.79. The topological polar surface area (TPSA) is 52.6 Å². The Bertz CT molecular complexity index is 214. The molecule has 0 bridgehead atoms. The van der Waals surface area contributed by atoms with Gasteiger partial charge in [-0.2, -0.15) is 11.8 Å². The zero-order chi connectivity index (χ0) is 11.8. The molecule has 2 amide bonds. The van der Waals surface area contributed by atoms with E-state index in [1.54, 1.807) is 4.90 Å². The van der Waals surface area contributed by atoms with Crippen molar-refractivity contribution in [2.45, 2.75) is 31.7 Å². The fourth-order valence-electron chi connectivity index (χ4n) is 1.96. The van der Waals surface area contributed by atoms with Crippen LogP contribution < -0.4 is 5.32 Å². The second-order valence-electron chi connectivity index (χ2n) is 4.10. The molecule has 1 aliphatic rings. The minimum absolute atomic E-state index is 0.0132. The molecular weight excluding hydrogens is 224 g/mol. The normalized spacial score (nSPS) is 20.1. The fourth-order valence-corrected chi connectivity index (χ4v) is 2.45. The number of likely N-dealkylation sites (tertiary alicyclic amines) is 1. The Morgan fingerprint density at radius 2 is 2.38 bits per heavy atom. The van der Waals surface area contributed by atoms with Gasteiger partial charge in [0.15, 0.2) is 0 Å². The first kappa shape index (κ1) is 13.6. The van der Waals surface area contributed by atoms with Crippen LogP contribution in [-0.4, -0.2) is 53.8 Å². The van der Waals surface area contributed by atoms with E-state index in [1.807, 2.05) is 11.8 Å². The number of hydrogen-bond acceptors (Lipinski definition) is 3. The summed E-state index contributed by atoms with van der Waals surface area (Å²) in [5.41, 5.74) is 0. The lowest BCUT2D eigenvalue weighted by atomic mass is 10.2. The largest absolute Gasteiger partial charge is 0.394 e. The summed E-state index contributed by atoms with van der Waals surface area (Å²) in [7, 11) is 0. The maximum Gasteiger partial charge on any atom is 0.317 e. The molecule has 0 aromatic rings.